The Morgan fingerprint density at radius 3 is 2.70 bits per heavy atom. The maximum Gasteiger partial charge on any atom is 0.255 e. The maximum absolute atomic E-state index is 12.4. The van der Waals surface area contributed by atoms with Crippen molar-refractivity contribution in [1.29, 1.82) is 0 Å². The van der Waals surface area contributed by atoms with Gasteiger partial charge in [-0.15, -0.1) is 0 Å². The number of anilines is 2. The Labute approximate surface area is 144 Å². The molecule has 2 N–H and O–H groups in total. The first-order valence-electron chi connectivity index (χ1n) is 7.31. The lowest BCUT2D eigenvalue weighted by Crippen LogP contribution is -2.44. The molecule has 2 heterocycles. The molecule has 1 amide bonds. The van der Waals surface area contributed by atoms with E-state index in [0.717, 1.165) is 32.0 Å². The molecule has 0 atom stereocenters. The number of amides is 1. The van der Waals surface area contributed by atoms with Gasteiger partial charge in [0.2, 0.25) is 0 Å². The normalized spacial score (nSPS) is 14.6. The lowest BCUT2D eigenvalue weighted by molar-refractivity contribution is 0.102. The predicted octanol–water partition coefficient (Wildman–Crippen LogP) is 3.05. The van der Waals surface area contributed by atoms with Gasteiger partial charge in [-0.05, 0) is 24.3 Å². The van der Waals surface area contributed by atoms with Crippen LogP contribution in [0.25, 0.3) is 0 Å². The van der Waals surface area contributed by atoms with E-state index in [1.807, 2.05) is 0 Å². The van der Waals surface area contributed by atoms with Crippen LogP contribution < -0.4 is 15.5 Å². The molecule has 2 aromatic rings. The Morgan fingerprint density at radius 2 is 1.96 bits per heavy atom. The van der Waals surface area contributed by atoms with Crippen molar-refractivity contribution < 1.29 is 4.79 Å². The van der Waals surface area contributed by atoms with Crippen molar-refractivity contribution in [1.82, 2.24) is 10.3 Å². The summed E-state index contributed by atoms with van der Waals surface area (Å²) >= 11 is 12.0. The highest BCUT2D eigenvalue weighted by molar-refractivity contribution is 6.31. The third-order valence-electron chi connectivity index (χ3n) is 3.58. The number of aromatic nitrogens is 1. The fraction of sp³-hybridized carbons (Fsp3) is 0.250. The minimum atomic E-state index is -0.243. The number of nitrogens with one attached hydrogen (secondary N) is 2. The molecule has 3 rings (SSSR count). The fourth-order valence-electron chi connectivity index (χ4n) is 2.48. The Morgan fingerprint density at radius 1 is 1.17 bits per heavy atom. The molecule has 1 aromatic carbocycles. The van der Waals surface area contributed by atoms with Crippen molar-refractivity contribution in [2.24, 2.45) is 0 Å². The third-order valence-corrected chi connectivity index (χ3v) is 4.03. The standard InChI is InChI=1S/C16H16Cl2N4O/c17-12-3-1-2-11(8-12)16(23)21-14-9-13(18)10-20-15(14)22-6-4-19-5-7-22/h1-3,8-10,19H,4-7H2,(H,21,23). The lowest BCUT2D eigenvalue weighted by atomic mass is 10.2. The number of carbonyl (C=O) groups excluding carboxylic acids is 1. The summed E-state index contributed by atoms with van der Waals surface area (Å²) in [6, 6.07) is 8.52. The molecule has 0 bridgehead atoms. The molecule has 0 spiro atoms. The zero-order chi connectivity index (χ0) is 16.2. The summed E-state index contributed by atoms with van der Waals surface area (Å²) in [5.74, 6) is 0.485. The quantitative estimate of drug-likeness (QED) is 0.893. The second-order valence-corrected chi connectivity index (χ2v) is 6.10. The number of rotatable bonds is 3. The molecule has 5 nitrogen and oxygen atoms in total. The second-order valence-electron chi connectivity index (χ2n) is 5.23. The van der Waals surface area contributed by atoms with Crippen molar-refractivity contribution >= 4 is 40.6 Å². The average molecular weight is 351 g/mol. The molecule has 1 aliphatic heterocycles. The smallest absolute Gasteiger partial charge is 0.255 e. The minimum absolute atomic E-state index is 0.243. The van der Waals surface area contributed by atoms with Crippen molar-refractivity contribution in [3.63, 3.8) is 0 Å². The maximum atomic E-state index is 12.4. The summed E-state index contributed by atoms with van der Waals surface area (Å²) < 4.78 is 0. The van der Waals surface area contributed by atoms with Gasteiger partial charge in [-0.25, -0.2) is 4.98 Å². The van der Waals surface area contributed by atoms with Crippen molar-refractivity contribution in [2.45, 2.75) is 0 Å². The lowest BCUT2D eigenvalue weighted by Gasteiger charge is -2.30. The number of benzene rings is 1. The monoisotopic (exact) mass is 350 g/mol. The Balaban J connectivity index is 1.86. The average Bonchev–Trinajstić information content (AvgIpc) is 2.56. The SMILES string of the molecule is O=C(Nc1cc(Cl)cnc1N1CCNCC1)c1cccc(Cl)c1. The van der Waals surface area contributed by atoms with Crippen LogP contribution in [-0.4, -0.2) is 37.1 Å². The third kappa shape index (κ3) is 3.93. The zero-order valence-electron chi connectivity index (χ0n) is 12.4. The summed E-state index contributed by atoms with van der Waals surface area (Å²) in [5.41, 5.74) is 1.09. The van der Waals surface area contributed by atoms with E-state index in [-0.39, 0.29) is 5.91 Å². The highest BCUT2D eigenvalue weighted by Crippen LogP contribution is 2.27. The molecule has 0 unspecified atom stereocenters. The van der Waals surface area contributed by atoms with E-state index in [1.165, 1.54) is 0 Å². The van der Waals surface area contributed by atoms with Crippen LogP contribution in [-0.2, 0) is 0 Å². The summed E-state index contributed by atoms with van der Waals surface area (Å²) in [6.45, 7) is 3.42. The number of pyridine rings is 1. The molecule has 1 fully saturated rings. The van der Waals surface area contributed by atoms with Crippen molar-refractivity contribution in [3.05, 3.63) is 52.1 Å². The molecule has 120 valence electrons. The molecule has 0 saturated carbocycles. The number of nitrogens with zero attached hydrogens (tertiary/aromatic N) is 2. The highest BCUT2D eigenvalue weighted by Gasteiger charge is 2.18. The van der Waals surface area contributed by atoms with E-state index in [2.05, 4.69) is 20.5 Å². The first-order chi connectivity index (χ1) is 11.1. The van der Waals surface area contributed by atoms with Crippen molar-refractivity contribution in [3.8, 4) is 0 Å². The van der Waals surface area contributed by atoms with Crippen LogP contribution in [0.2, 0.25) is 10.0 Å². The topological polar surface area (TPSA) is 57.3 Å². The van der Waals surface area contributed by atoms with Gasteiger partial charge in [0.1, 0.15) is 0 Å². The molecule has 1 aliphatic rings. The number of carbonyl (C=O) groups is 1. The first-order valence-corrected chi connectivity index (χ1v) is 8.07. The number of halogens is 2. The van der Waals surface area contributed by atoms with Crippen LogP contribution in [0.1, 0.15) is 10.4 Å². The summed E-state index contributed by atoms with van der Waals surface area (Å²) in [4.78, 5) is 19.0. The summed E-state index contributed by atoms with van der Waals surface area (Å²) in [5, 5.41) is 7.17. The molecular weight excluding hydrogens is 335 g/mol. The largest absolute Gasteiger partial charge is 0.352 e. The molecule has 7 heteroatoms. The van der Waals surface area contributed by atoms with Gasteiger partial charge in [-0.3, -0.25) is 4.79 Å². The van der Waals surface area contributed by atoms with Gasteiger partial charge in [0.15, 0.2) is 5.82 Å². The van der Waals surface area contributed by atoms with Gasteiger partial charge in [-0.1, -0.05) is 29.3 Å². The van der Waals surface area contributed by atoms with Crippen molar-refractivity contribution in [2.75, 3.05) is 36.4 Å². The molecule has 0 radical (unpaired) electrons. The molecule has 1 aromatic heterocycles. The van der Waals surface area contributed by atoms with E-state index >= 15 is 0 Å². The van der Waals surface area contributed by atoms with Crippen LogP contribution in [0.15, 0.2) is 36.5 Å². The fourth-order valence-corrected chi connectivity index (χ4v) is 2.83. The molecular formula is C16H16Cl2N4O. The van der Waals surface area contributed by atoms with E-state index in [9.17, 15) is 4.79 Å². The van der Waals surface area contributed by atoms with Crippen LogP contribution >= 0.6 is 23.2 Å². The summed E-state index contributed by atoms with van der Waals surface area (Å²) in [7, 11) is 0. The first kappa shape index (κ1) is 16.1. The molecule has 0 aliphatic carbocycles. The van der Waals surface area contributed by atoms with Gasteiger partial charge in [-0.2, -0.15) is 0 Å². The van der Waals surface area contributed by atoms with Crippen LogP contribution in [0, 0.1) is 0 Å². The predicted molar refractivity (Wildman–Crippen MR) is 93.7 cm³/mol. The van der Waals surface area contributed by atoms with E-state index < -0.39 is 0 Å². The van der Waals surface area contributed by atoms with Crippen LogP contribution in [0.4, 0.5) is 11.5 Å². The molecule has 23 heavy (non-hydrogen) atoms. The molecule has 1 saturated heterocycles. The summed E-state index contributed by atoms with van der Waals surface area (Å²) in [6.07, 6.45) is 1.59. The van der Waals surface area contributed by atoms with Gasteiger partial charge >= 0.3 is 0 Å². The zero-order valence-corrected chi connectivity index (χ0v) is 13.9. The van der Waals surface area contributed by atoms with E-state index in [4.69, 9.17) is 23.2 Å². The van der Waals surface area contributed by atoms with E-state index in [0.29, 0.717) is 21.3 Å². The van der Waals surface area contributed by atoms with Gasteiger partial charge < -0.3 is 15.5 Å². The Kier molecular flexibility index (Phi) is 5.00. The Hall–Kier alpha value is -1.82. The Bertz CT molecular complexity index is 717. The number of hydrogen-bond donors (Lipinski definition) is 2. The van der Waals surface area contributed by atoms with Crippen LogP contribution in [0.3, 0.4) is 0 Å². The number of piperazine rings is 1. The van der Waals surface area contributed by atoms with Gasteiger partial charge in [0.05, 0.1) is 10.7 Å². The van der Waals surface area contributed by atoms with Gasteiger partial charge in [0.25, 0.3) is 5.91 Å². The number of hydrogen-bond acceptors (Lipinski definition) is 4. The van der Waals surface area contributed by atoms with Crippen LogP contribution in [0.5, 0.6) is 0 Å². The van der Waals surface area contributed by atoms with E-state index in [1.54, 1.807) is 36.5 Å². The van der Waals surface area contributed by atoms with Gasteiger partial charge in [0, 0.05) is 43.0 Å². The minimum Gasteiger partial charge on any atom is -0.352 e. The highest BCUT2D eigenvalue weighted by atomic mass is 35.5. The second kappa shape index (κ2) is 7.17.